The SMILES string of the molecule is O=C(Nc1cccc(Cl)c1)N1CCCC1c1nc(-c2cccc(Cl)c2)no1. The predicted octanol–water partition coefficient (Wildman–Crippen LogP) is 5.41. The molecule has 1 unspecified atom stereocenters. The van der Waals surface area contributed by atoms with Crippen molar-refractivity contribution in [2.45, 2.75) is 18.9 Å². The van der Waals surface area contributed by atoms with Crippen molar-refractivity contribution in [3.05, 3.63) is 64.5 Å². The molecule has 0 radical (unpaired) electrons. The summed E-state index contributed by atoms with van der Waals surface area (Å²) in [6.07, 6.45) is 1.63. The Hall–Kier alpha value is -2.57. The van der Waals surface area contributed by atoms with Crippen LogP contribution in [0.3, 0.4) is 0 Å². The Bertz CT molecular complexity index is 976. The van der Waals surface area contributed by atoms with Gasteiger partial charge in [-0.25, -0.2) is 4.79 Å². The van der Waals surface area contributed by atoms with E-state index in [0.717, 1.165) is 18.4 Å². The number of nitrogens with one attached hydrogen (secondary N) is 1. The molecule has 1 aromatic heterocycles. The number of benzene rings is 2. The molecule has 2 amide bonds. The van der Waals surface area contributed by atoms with Crippen molar-refractivity contribution < 1.29 is 9.32 Å². The summed E-state index contributed by atoms with van der Waals surface area (Å²) in [4.78, 5) is 18.9. The van der Waals surface area contributed by atoms with Gasteiger partial charge in [-0.2, -0.15) is 4.98 Å². The molecule has 1 atom stereocenters. The first-order valence-electron chi connectivity index (χ1n) is 8.53. The first-order valence-corrected chi connectivity index (χ1v) is 9.28. The number of aromatic nitrogens is 2. The molecule has 1 saturated heterocycles. The van der Waals surface area contributed by atoms with Crippen LogP contribution >= 0.6 is 23.2 Å². The van der Waals surface area contributed by atoms with Crippen LogP contribution in [0.1, 0.15) is 24.8 Å². The number of rotatable bonds is 3. The van der Waals surface area contributed by atoms with E-state index in [2.05, 4.69) is 15.5 Å². The van der Waals surface area contributed by atoms with Crippen molar-refractivity contribution in [2.75, 3.05) is 11.9 Å². The summed E-state index contributed by atoms with van der Waals surface area (Å²) in [5.41, 5.74) is 1.41. The topological polar surface area (TPSA) is 71.3 Å². The first-order chi connectivity index (χ1) is 13.1. The molecule has 138 valence electrons. The highest BCUT2D eigenvalue weighted by Crippen LogP contribution is 2.33. The highest BCUT2D eigenvalue weighted by Gasteiger charge is 2.34. The summed E-state index contributed by atoms with van der Waals surface area (Å²) in [5, 5.41) is 8.07. The van der Waals surface area contributed by atoms with Crippen molar-refractivity contribution in [1.82, 2.24) is 15.0 Å². The number of nitrogens with zero attached hydrogens (tertiary/aromatic N) is 3. The Morgan fingerprint density at radius 2 is 1.93 bits per heavy atom. The second-order valence-corrected chi connectivity index (χ2v) is 7.13. The Balaban J connectivity index is 1.52. The smallest absolute Gasteiger partial charge is 0.322 e. The zero-order valence-corrected chi connectivity index (χ0v) is 15.7. The molecule has 0 bridgehead atoms. The highest BCUT2D eigenvalue weighted by molar-refractivity contribution is 6.31. The largest absolute Gasteiger partial charge is 0.337 e. The van der Waals surface area contributed by atoms with E-state index in [9.17, 15) is 4.79 Å². The second-order valence-electron chi connectivity index (χ2n) is 6.26. The Kier molecular flexibility index (Phi) is 5.01. The molecule has 0 saturated carbocycles. The van der Waals surface area contributed by atoms with Gasteiger partial charge in [-0.1, -0.05) is 46.6 Å². The van der Waals surface area contributed by atoms with Gasteiger partial charge in [0.1, 0.15) is 6.04 Å². The lowest BCUT2D eigenvalue weighted by Crippen LogP contribution is -2.34. The van der Waals surface area contributed by atoms with Gasteiger partial charge >= 0.3 is 6.03 Å². The van der Waals surface area contributed by atoms with Crippen LogP contribution in [0.5, 0.6) is 0 Å². The summed E-state index contributed by atoms with van der Waals surface area (Å²) >= 11 is 12.0. The zero-order chi connectivity index (χ0) is 18.8. The van der Waals surface area contributed by atoms with E-state index in [-0.39, 0.29) is 12.1 Å². The fourth-order valence-corrected chi connectivity index (χ4v) is 3.52. The van der Waals surface area contributed by atoms with Gasteiger partial charge in [-0.3, -0.25) is 0 Å². The lowest BCUT2D eigenvalue weighted by atomic mass is 10.2. The molecule has 1 fully saturated rings. The van der Waals surface area contributed by atoms with Crippen LogP contribution in [0.4, 0.5) is 10.5 Å². The fraction of sp³-hybridized carbons (Fsp3) is 0.211. The van der Waals surface area contributed by atoms with E-state index in [4.69, 9.17) is 27.7 Å². The van der Waals surface area contributed by atoms with E-state index >= 15 is 0 Å². The molecule has 3 aromatic rings. The molecule has 27 heavy (non-hydrogen) atoms. The van der Waals surface area contributed by atoms with Gasteiger partial charge in [0.25, 0.3) is 0 Å². The zero-order valence-electron chi connectivity index (χ0n) is 14.2. The van der Waals surface area contributed by atoms with Gasteiger partial charge in [0.2, 0.25) is 11.7 Å². The van der Waals surface area contributed by atoms with Crippen molar-refractivity contribution in [3.8, 4) is 11.4 Å². The van der Waals surface area contributed by atoms with Crippen LogP contribution in [-0.2, 0) is 0 Å². The van der Waals surface area contributed by atoms with Gasteiger partial charge in [-0.05, 0) is 43.2 Å². The van der Waals surface area contributed by atoms with Crippen LogP contribution in [0, 0.1) is 0 Å². The number of anilines is 1. The number of hydrogen-bond acceptors (Lipinski definition) is 4. The molecule has 1 N–H and O–H groups in total. The molecule has 6 nitrogen and oxygen atoms in total. The van der Waals surface area contributed by atoms with Crippen molar-refractivity contribution >= 4 is 34.9 Å². The third-order valence-corrected chi connectivity index (χ3v) is 4.87. The average Bonchev–Trinajstić information content (AvgIpc) is 3.31. The number of carbonyl (C=O) groups excluding carboxylic acids is 1. The summed E-state index contributed by atoms with van der Waals surface area (Å²) in [7, 11) is 0. The minimum atomic E-state index is -0.260. The Labute approximate surface area is 166 Å². The fourth-order valence-electron chi connectivity index (χ4n) is 3.14. The minimum absolute atomic E-state index is 0.220. The van der Waals surface area contributed by atoms with E-state index in [1.165, 1.54) is 0 Å². The molecule has 0 spiro atoms. The molecular formula is C19H16Cl2N4O2. The maximum Gasteiger partial charge on any atom is 0.322 e. The Morgan fingerprint density at radius 1 is 1.15 bits per heavy atom. The summed E-state index contributed by atoms with van der Waals surface area (Å²) in [6.45, 7) is 0.617. The Morgan fingerprint density at radius 3 is 2.70 bits per heavy atom. The van der Waals surface area contributed by atoms with Gasteiger partial charge in [0.05, 0.1) is 0 Å². The van der Waals surface area contributed by atoms with Crippen LogP contribution in [0.15, 0.2) is 53.1 Å². The molecular weight excluding hydrogens is 387 g/mol. The van der Waals surface area contributed by atoms with Crippen LogP contribution < -0.4 is 5.32 Å². The lowest BCUT2D eigenvalue weighted by Gasteiger charge is -2.22. The summed E-state index contributed by atoms with van der Waals surface area (Å²) in [6, 6.07) is 13.8. The number of amides is 2. The normalized spacial score (nSPS) is 16.5. The van der Waals surface area contributed by atoms with Gasteiger partial charge in [0.15, 0.2) is 0 Å². The maximum absolute atomic E-state index is 12.7. The minimum Gasteiger partial charge on any atom is -0.337 e. The van der Waals surface area contributed by atoms with Crippen molar-refractivity contribution in [2.24, 2.45) is 0 Å². The first kappa shape index (κ1) is 17.8. The van der Waals surface area contributed by atoms with E-state index in [1.807, 2.05) is 12.1 Å². The van der Waals surface area contributed by atoms with Gasteiger partial charge in [-0.15, -0.1) is 0 Å². The second kappa shape index (κ2) is 7.58. The lowest BCUT2D eigenvalue weighted by molar-refractivity contribution is 0.193. The van der Waals surface area contributed by atoms with Gasteiger partial charge in [0, 0.05) is 27.8 Å². The number of carbonyl (C=O) groups is 1. The molecule has 1 aliphatic heterocycles. The number of hydrogen-bond donors (Lipinski definition) is 1. The van der Waals surface area contributed by atoms with Crippen LogP contribution in [0.2, 0.25) is 10.0 Å². The molecule has 4 rings (SSSR count). The molecule has 0 aliphatic carbocycles. The number of likely N-dealkylation sites (tertiary alicyclic amines) is 1. The summed E-state index contributed by atoms with van der Waals surface area (Å²) in [5.74, 6) is 0.873. The summed E-state index contributed by atoms with van der Waals surface area (Å²) < 4.78 is 5.45. The monoisotopic (exact) mass is 402 g/mol. The van der Waals surface area contributed by atoms with E-state index in [0.29, 0.717) is 34.0 Å². The number of halogens is 2. The molecule has 1 aliphatic rings. The molecule has 2 heterocycles. The molecule has 8 heteroatoms. The van der Waals surface area contributed by atoms with Crippen molar-refractivity contribution in [3.63, 3.8) is 0 Å². The van der Waals surface area contributed by atoms with Crippen molar-refractivity contribution in [1.29, 1.82) is 0 Å². The maximum atomic E-state index is 12.7. The molecule has 2 aromatic carbocycles. The van der Waals surface area contributed by atoms with E-state index in [1.54, 1.807) is 41.3 Å². The third kappa shape index (κ3) is 3.91. The number of urea groups is 1. The highest BCUT2D eigenvalue weighted by atomic mass is 35.5. The third-order valence-electron chi connectivity index (χ3n) is 4.40. The van der Waals surface area contributed by atoms with Crippen LogP contribution in [0.25, 0.3) is 11.4 Å². The predicted molar refractivity (Wildman–Crippen MR) is 104 cm³/mol. The quantitative estimate of drug-likeness (QED) is 0.635. The standard InChI is InChI=1S/C19H16Cl2N4O2/c20-13-5-1-4-12(10-13)17-23-18(27-24-17)16-8-3-9-25(16)19(26)22-15-7-2-6-14(21)11-15/h1-2,4-7,10-11,16H,3,8-9H2,(H,22,26). The van der Waals surface area contributed by atoms with Gasteiger partial charge < -0.3 is 14.7 Å². The van der Waals surface area contributed by atoms with E-state index < -0.39 is 0 Å². The average molecular weight is 403 g/mol. The van der Waals surface area contributed by atoms with Crippen LogP contribution in [-0.4, -0.2) is 27.6 Å².